The number of aliphatic carboxylic acids is 1. The number of hydrogen-bond donors (Lipinski definition) is 2. The number of carbonyl (C=O) groups excluding carboxylic acids is 2. The van der Waals surface area contributed by atoms with Gasteiger partial charge in [0, 0.05) is 33.6 Å². The highest BCUT2D eigenvalue weighted by molar-refractivity contribution is 6.47. The van der Waals surface area contributed by atoms with Crippen molar-refractivity contribution in [2.45, 2.75) is 96.6 Å². The molecule has 1 heterocycles. The van der Waals surface area contributed by atoms with E-state index in [-0.39, 0.29) is 23.1 Å². The summed E-state index contributed by atoms with van der Waals surface area (Å²) in [4.78, 5) is 44.5. The summed E-state index contributed by atoms with van der Waals surface area (Å²) in [6.45, 7) is 8.03. The van der Waals surface area contributed by atoms with Crippen molar-refractivity contribution in [1.82, 2.24) is 10.2 Å². The normalized spacial score (nSPS) is 21.9. The number of rotatable bonds is 9. The van der Waals surface area contributed by atoms with Crippen LogP contribution in [0.1, 0.15) is 100 Å². The first-order valence-electron chi connectivity index (χ1n) is 15.0. The van der Waals surface area contributed by atoms with E-state index >= 15 is 0 Å². The smallest absolute Gasteiger partial charge is 0.389 e. The number of benzene rings is 2. The first kappa shape index (κ1) is 34.8. The van der Waals surface area contributed by atoms with Gasteiger partial charge in [0.15, 0.2) is 0 Å². The van der Waals surface area contributed by atoms with Crippen molar-refractivity contribution < 1.29 is 32.7 Å². The van der Waals surface area contributed by atoms with Crippen molar-refractivity contribution in [3.05, 3.63) is 69.2 Å². The fourth-order valence-corrected chi connectivity index (χ4v) is 6.97. The average Bonchev–Trinajstić information content (AvgIpc) is 3.18. The largest absolute Gasteiger partial charge is 0.481 e. The highest BCUT2D eigenvalue weighted by atomic mass is 35.5. The van der Waals surface area contributed by atoms with Gasteiger partial charge in [0.25, 0.3) is 11.8 Å². The summed E-state index contributed by atoms with van der Waals surface area (Å²) < 4.78 is 41.1. The first-order chi connectivity index (χ1) is 20.9. The van der Waals surface area contributed by atoms with Gasteiger partial charge in [-0.05, 0) is 86.3 Å². The van der Waals surface area contributed by atoms with Crippen molar-refractivity contribution in [1.29, 1.82) is 0 Å². The molecule has 1 aliphatic heterocycles. The standard InChI is InChI=1S/C33H38Cl2F3N3O4/c1-19(15-27(42)43)39-29(44)21-7-5-20(6-8-21)26(11-14-33(36,37)38)41-30(45)28(22-16-24(34)18-25(35)17-22)40-32(41)12-9-23(10-13-32)31(2,3)4/h5-8,16-19,23,26H,9-15H2,1-4H3,(H,39,44)(H,42,43)/t19-,23?,26-,32?/m1/s1. The molecule has 2 aromatic carbocycles. The van der Waals surface area contributed by atoms with Gasteiger partial charge < -0.3 is 15.3 Å². The van der Waals surface area contributed by atoms with Crippen molar-refractivity contribution >= 4 is 46.7 Å². The maximum Gasteiger partial charge on any atom is 0.389 e. The molecule has 0 bridgehead atoms. The maximum absolute atomic E-state index is 14.3. The van der Waals surface area contributed by atoms with E-state index in [1.807, 2.05) is 0 Å². The Bertz CT molecular complexity index is 1440. The van der Waals surface area contributed by atoms with Crippen molar-refractivity contribution in [2.24, 2.45) is 16.3 Å². The molecule has 1 fully saturated rings. The third kappa shape index (κ3) is 8.38. The van der Waals surface area contributed by atoms with E-state index in [0.717, 1.165) is 12.8 Å². The quantitative estimate of drug-likeness (QED) is 0.281. The van der Waals surface area contributed by atoms with E-state index in [1.54, 1.807) is 31.2 Å². The van der Waals surface area contributed by atoms with E-state index in [0.29, 0.717) is 39.9 Å². The first-order valence-corrected chi connectivity index (χ1v) is 15.7. The van der Waals surface area contributed by atoms with Gasteiger partial charge in [0.2, 0.25) is 0 Å². The number of carboxylic acid groups (broad SMARTS) is 1. The lowest BCUT2D eigenvalue weighted by Crippen LogP contribution is -2.51. The maximum atomic E-state index is 14.3. The molecule has 0 unspecified atom stereocenters. The lowest BCUT2D eigenvalue weighted by molar-refractivity contribution is -0.147. The fourth-order valence-electron chi connectivity index (χ4n) is 6.44. The second kappa shape index (κ2) is 13.3. The third-order valence-electron chi connectivity index (χ3n) is 8.77. The summed E-state index contributed by atoms with van der Waals surface area (Å²) >= 11 is 12.5. The lowest BCUT2D eigenvalue weighted by Gasteiger charge is -2.47. The van der Waals surface area contributed by atoms with Crippen molar-refractivity contribution in [3.63, 3.8) is 0 Å². The molecule has 1 spiro atoms. The SMILES string of the molecule is C[C@H](CC(=O)O)NC(=O)c1ccc([C@@H](CCC(F)(F)F)N2C(=O)C(c3cc(Cl)cc(Cl)c3)=NC23CCC(C(C)(C)C)CC3)cc1. The molecular weight excluding hydrogens is 630 g/mol. The number of carboxylic acids is 1. The van der Waals surface area contributed by atoms with Gasteiger partial charge in [-0.3, -0.25) is 19.4 Å². The molecule has 0 radical (unpaired) electrons. The molecule has 1 saturated carbocycles. The number of halogens is 5. The van der Waals surface area contributed by atoms with Crippen LogP contribution in [0.4, 0.5) is 13.2 Å². The highest BCUT2D eigenvalue weighted by Crippen LogP contribution is 2.50. The zero-order valence-electron chi connectivity index (χ0n) is 25.7. The fraction of sp³-hybridized carbons (Fsp3) is 0.515. The lowest BCUT2D eigenvalue weighted by atomic mass is 9.69. The van der Waals surface area contributed by atoms with Crippen LogP contribution in [0.15, 0.2) is 47.5 Å². The molecule has 4 rings (SSSR count). The predicted molar refractivity (Wildman–Crippen MR) is 168 cm³/mol. The zero-order valence-corrected chi connectivity index (χ0v) is 27.2. The Morgan fingerprint density at radius 1 is 1.07 bits per heavy atom. The predicted octanol–water partition coefficient (Wildman–Crippen LogP) is 8.23. The summed E-state index contributed by atoms with van der Waals surface area (Å²) in [6.07, 6.45) is -3.84. The zero-order chi connectivity index (χ0) is 33.3. The van der Waals surface area contributed by atoms with Crippen LogP contribution in [0, 0.1) is 11.3 Å². The number of carbonyl (C=O) groups is 3. The molecule has 1 aliphatic carbocycles. The summed E-state index contributed by atoms with van der Waals surface area (Å²) in [5, 5.41) is 12.2. The monoisotopic (exact) mass is 667 g/mol. The average molecular weight is 669 g/mol. The van der Waals surface area contributed by atoms with Crippen LogP contribution in [0.2, 0.25) is 10.0 Å². The van der Waals surface area contributed by atoms with Crippen LogP contribution in [-0.4, -0.2) is 51.4 Å². The van der Waals surface area contributed by atoms with Crippen LogP contribution in [0.25, 0.3) is 0 Å². The number of amides is 2. The molecular formula is C33H38Cl2F3N3O4. The Morgan fingerprint density at radius 3 is 2.16 bits per heavy atom. The molecule has 2 aliphatic rings. The number of nitrogens with one attached hydrogen (secondary N) is 1. The molecule has 2 atom stereocenters. The van der Waals surface area contributed by atoms with Crippen LogP contribution >= 0.6 is 23.2 Å². The van der Waals surface area contributed by atoms with E-state index in [9.17, 15) is 27.6 Å². The van der Waals surface area contributed by atoms with Crippen LogP contribution in [0.5, 0.6) is 0 Å². The van der Waals surface area contributed by atoms with Gasteiger partial charge in [0.1, 0.15) is 11.4 Å². The molecule has 45 heavy (non-hydrogen) atoms. The molecule has 0 aromatic heterocycles. The van der Waals surface area contributed by atoms with Gasteiger partial charge in [-0.15, -0.1) is 0 Å². The van der Waals surface area contributed by atoms with Gasteiger partial charge in [0.05, 0.1) is 12.5 Å². The Hall–Kier alpha value is -3.11. The van der Waals surface area contributed by atoms with Crippen LogP contribution < -0.4 is 5.32 Å². The van der Waals surface area contributed by atoms with E-state index in [2.05, 4.69) is 26.1 Å². The van der Waals surface area contributed by atoms with Gasteiger partial charge in [-0.2, -0.15) is 13.2 Å². The summed E-state index contributed by atoms with van der Waals surface area (Å²) in [5.74, 6) is -1.73. The number of alkyl halides is 3. The Balaban J connectivity index is 1.75. The Kier molecular flexibility index (Phi) is 10.3. The Labute approximate surface area is 271 Å². The molecule has 12 heteroatoms. The molecule has 2 amide bonds. The van der Waals surface area contributed by atoms with Crippen molar-refractivity contribution in [2.75, 3.05) is 0 Å². The number of aliphatic imine (C=N–C) groups is 1. The van der Waals surface area contributed by atoms with Gasteiger partial charge in [-0.1, -0.05) is 56.1 Å². The van der Waals surface area contributed by atoms with Gasteiger partial charge in [-0.25, -0.2) is 0 Å². The second-order valence-corrected chi connectivity index (χ2v) is 14.1. The minimum Gasteiger partial charge on any atom is -0.481 e. The van der Waals surface area contributed by atoms with E-state index in [4.69, 9.17) is 33.3 Å². The van der Waals surface area contributed by atoms with E-state index in [1.165, 1.54) is 23.1 Å². The second-order valence-electron chi connectivity index (χ2n) is 13.2. The van der Waals surface area contributed by atoms with Crippen molar-refractivity contribution in [3.8, 4) is 0 Å². The third-order valence-corrected chi connectivity index (χ3v) is 9.20. The van der Waals surface area contributed by atoms with Crippen LogP contribution in [0.3, 0.4) is 0 Å². The van der Waals surface area contributed by atoms with Crippen LogP contribution in [-0.2, 0) is 9.59 Å². The minimum atomic E-state index is -4.47. The summed E-state index contributed by atoms with van der Waals surface area (Å²) in [7, 11) is 0. The van der Waals surface area contributed by atoms with Gasteiger partial charge >= 0.3 is 12.1 Å². The topological polar surface area (TPSA) is 99.1 Å². The highest BCUT2D eigenvalue weighted by Gasteiger charge is 2.53. The number of hydrogen-bond acceptors (Lipinski definition) is 4. The molecule has 244 valence electrons. The molecule has 7 nitrogen and oxygen atoms in total. The Morgan fingerprint density at radius 2 is 1.64 bits per heavy atom. The summed E-state index contributed by atoms with van der Waals surface area (Å²) in [5.41, 5.74) is 0.0887. The number of nitrogens with zero attached hydrogens (tertiary/aromatic N) is 2. The minimum absolute atomic E-state index is 0.0101. The molecule has 2 aromatic rings. The van der Waals surface area contributed by atoms with E-state index < -0.39 is 54.5 Å². The summed E-state index contributed by atoms with van der Waals surface area (Å²) in [6, 6.07) is 9.10. The molecule has 2 N–H and O–H groups in total. The molecule has 0 saturated heterocycles.